The Bertz CT molecular complexity index is 218. The summed E-state index contributed by atoms with van der Waals surface area (Å²) in [7, 11) is 0. The molecule has 0 unspecified atom stereocenters. The van der Waals surface area contributed by atoms with Crippen LogP contribution < -0.4 is 0 Å². The van der Waals surface area contributed by atoms with Crippen molar-refractivity contribution in [3.05, 3.63) is 11.8 Å². The lowest BCUT2D eigenvalue weighted by Crippen LogP contribution is -2.01. The Hall–Kier alpha value is -1.32. The molecule has 0 aliphatic carbocycles. The van der Waals surface area contributed by atoms with Gasteiger partial charge in [0.2, 0.25) is 0 Å². The zero-order valence-electron chi connectivity index (χ0n) is 8.12. The summed E-state index contributed by atoms with van der Waals surface area (Å²) < 4.78 is 9.32. The lowest BCUT2D eigenvalue weighted by molar-refractivity contribution is -0.141. The van der Waals surface area contributed by atoms with E-state index in [0.717, 1.165) is 5.57 Å². The van der Waals surface area contributed by atoms with Gasteiger partial charge < -0.3 is 9.47 Å². The molecule has 0 spiro atoms. The van der Waals surface area contributed by atoms with Crippen molar-refractivity contribution in [1.29, 1.82) is 0 Å². The third kappa shape index (κ3) is 8.59. The molecular weight excluding hydrogens is 172 g/mol. The summed E-state index contributed by atoms with van der Waals surface area (Å²) in [6, 6.07) is 0. The van der Waals surface area contributed by atoms with Crippen molar-refractivity contribution in [1.82, 2.24) is 0 Å². The van der Waals surface area contributed by atoms with Crippen molar-refractivity contribution in [2.75, 3.05) is 6.61 Å². The molecule has 0 aromatic heterocycles. The molecule has 4 heteroatoms. The maximum Gasteiger partial charge on any atom is 0.307 e. The molecule has 0 aromatic rings. The molecular formula is C9H14O4. The van der Waals surface area contributed by atoms with E-state index in [9.17, 15) is 9.59 Å². The van der Waals surface area contributed by atoms with E-state index in [1.807, 2.05) is 0 Å². The maximum absolute atomic E-state index is 10.4. The van der Waals surface area contributed by atoms with E-state index >= 15 is 0 Å². The number of esters is 2. The monoisotopic (exact) mass is 186 g/mol. The average molecular weight is 186 g/mol. The van der Waals surface area contributed by atoms with Gasteiger partial charge >= 0.3 is 11.9 Å². The van der Waals surface area contributed by atoms with E-state index in [-0.39, 0.29) is 11.9 Å². The Balaban J connectivity index is 3.61. The van der Waals surface area contributed by atoms with Crippen LogP contribution >= 0.6 is 0 Å². The van der Waals surface area contributed by atoms with E-state index in [1.54, 1.807) is 6.92 Å². The summed E-state index contributed by atoms with van der Waals surface area (Å²) in [4.78, 5) is 20.7. The molecule has 13 heavy (non-hydrogen) atoms. The lowest BCUT2D eigenvalue weighted by Gasteiger charge is -2.01. The van der Waals surface area contributed by atoms with Crippen LogP contribution in [0.2, 0.25) is 0 Å². The topological polar surface area (TPSA) is 52.6 Å². The predicted molar refractivity (Wildman–Crippen MR) is 46.8 cm³/mol. The van der Waals surface area contributed by atoms with Crippen molar-refractivity contribution in [3.63, 3.8) is 0 Å². The molecule has 0 amide bonds. The number of hydrogen-bond donors (Lipinski definition) is 0. The highest BCUT2D eigenvalue weighted by molar-refractivity contribution is 5.66. The van der Waals surface area contributed by atoms with Gasteiger partial charge in [-0.2, -0.15) is 0 Å². The first kappa shape index (κ1) is 11.7. The highest BCUT2D eigenvalue weighted by Crippen LogP contribution is 2.00. The van der Waals surface area contributed by atoms with Gasteiger partial charge in [-0.15, -0.1) is 0 Å². The zero-order chi connectivity index (χ0) is 10.3. The molecule has 4 nitrogen and oxygen atoms in total. The van der Waals surface area contributed by atoms with E-state index in [1.165, 1.54) is 20.1 Å². The fraction of sp³-hybridized carbons (Fsp3) is 0.556. The summed E-state index contributed by atoms with van der Waals surface area (Å²) >= 11 is 0. The van der Waals surface area contributed by atoms with E-state index < -0.39 is 0 Å². The van der Waals surface area contributed by atoms with Crippen molar-refractivity contribution in [2.24, 2.45) is 0 Å². The second-order valence-electron chi connectivity index (χ2n) is 2.66. The van der Waals surface area contributed by atoms with Crippen LogP contribution in [0, 0.1) is 0 Å². The van der Waals surface area contributed by atoms with Crippen LogP contribution in [-0.2, 0) is 19.1 Å². The molecule has 0 heterocycles. The van der Waals surface area contributed by atoms with Crippen molar-refractivity contribution in [3.8, 4) is 0 Å². The van der Waals surface area contributed by atoms with Crippen LogP contribution in [0.4, 0.5) is 0 Å². The number of hydrogen-bond acceptors (Lipinski definition) is 4. The molecule has 0 saturated heterocycles. The van der Waals surface area contributed by atoms with Crippen molar-refractivity contribution < 1.29 is 19.1 Å². The molecule has 0 radical (unpaired) electrons. The van der Waals surface area contributed by atoms with Gasteiger partial charge in [0.25, 0.3) is 0 Å². The van der Waals surface area contributed by atoms with Crippen molar-refractivity contribution in [2.45, 2.75) is 27.2 Å². The molecule has 0 aromatic carbocycles. The number of carbonyl (C=O) groups excluding carboxylic acids is 2. The van der Waals surface area contributed by atoms with Crippen LogP contribution in [0.5, 0.6) is 0 Å². The average Bonchev–Trinajstić information content (AvgIpc) is 2.00. The van der Waals surface area contributed by atoms with Gasteiger partial charge in [-0.1, -0.05) is 0 Å². The van der Waals surface area contributed by atoms with Gasteiger partial charge in [0, 0.05) is 20.3 Å². The number of ether oxygens (including phenoxy) is 2. The number of carbonyl (C=O) groups is 2. The minimum absolute atomic E-state index is 0.305. The molecule has 0 rings (SSSR count). The first-order valence-corrected chi connectivity index (χ1v) is 3.98. The Labute approximate surface area is 77.5 Å². The first-order chi connectivity index (χ1) is 6.02. The highest BCUT2D eigenvalue weighted by atomic mass is 16.5. The Morgan fingerprint density at radius 2 is 1.77 bits per heavy atom. The standard InChI is InChI=1S/C9H14O4/c1-7(6-13-9(3)11)4-5-12-8(2)10/h6H,4-5H2,1-3H3. The first-order valence-electron chi connectivity index (χ1n) is 3.98. The Kier molecular flexibility index (Phi) is 5.59. The third-order valence-corrected chi connectivity index (χ3v) is 1.23. The van der Waals surface area contributed by atoms with Gasteiger partial charge in [0.05, 0.1) is 12.9 Å². The predicted octanol–water partition coefficient (Wildman–Crippen LogP) is 1.41. The fourth-order valence-corrected chi connectivity index (χ4v) is 0.598. The molecule has 0 fully saturated rings. The third-order valence-electron chi connectivity index (χ3n) is 1.23. The van der Waals surface area contributed by atoms with E-state index in [2.05, 4.69) is 4.74 Å². The molecule has 0 aliphatic heterocycles. The smallest absolute Gasteiger partial charge is 0.307 e. The maximum atomic E-state index is 10.4. The molecule has 0 bridgehead atoms. The van der Waals surface area contributed by atoms with Gasteiger partial charge in [0.1, 0.15) is 0 Å². The SMILES string of the molecule is CC(=O)OC=C(C)CCOC(C)=O. The summed E-state index contributed by atoms with van der Waals surface area (Å²) in [5.74, 6) is -0.660. The quantitative estimate of drug-likeness (QED) is 0.492. The molecule has 0 N–H and O–H groups in total. The highest BCUT2D eigenvalue weighted by Gasteiger charge is 1.95. The van der Waals surface area contributed by atoms with Gasteiger partial charge in [-0.05, 0) is 12.5 Å². The van der Waals surface area contributed by atoms with Crippen LogP contribution in [0.1, 0.15) is 27.2 Å². The minimum Gasteiger partial charge on any atom is -0.466 e. The van der Waals surface area contributed by atoms with Crippen molar-refractivity contribution >= 4 is 11.9 Å². The van der Waals surface area contributed by atoms with Gasteiger partial charge in [-0.25, -0.2) is 0 Å². The van der Waals surface area contributed by atoms with Gasteiger partial charge in [-0.3, -0.25) is 9.59 Å². The molecule has 0 atom stereocenters. The van der Waals surface area contributed by atoms with E-state index in [0.29, 0.717) is 13.0 Å². The zero-order valence-corrected chi connectivity index (χ0v) is 8.12. The molecule has 0 aliphatic rings. The molecule has 74 valence electrons. The van der Waals surface area contributed by atoms with Crippen LogP contribution in [0.15, 0.2) is 11.8 Å². The second kappa shape index (κ2) is 6.22. The summed E-state index contributed by atoms with van der Waals surface area (Å²) in [6.07, 6.45) is 1.94. The Morgan fingerprint density at radius 3 is 2.23 bits per heavy atom. The van der Waals surface area contributed by atoms with E-state index in [4.69, 9.17) is 4.74 Å². The second-order valence-corrected chi connectivity index (χ2v) is 2.66. The number of rotatable bonds is 4. The fourth-order valence-electron chi connectivity index (χ4n) is 0.598. The van der Waals surface area contributed by atoms with Crippen LogP contribution in [-0.4, -0.2) is 18.5 Å². The Morgan fingerprint density at radius 1 is 1.15 bits per heavy atom. The summed E-state index contributed by atoms with van der Waals surface area (Å²) in [5.41, 5.74) is 0.858. The minimum atomic E-state index is -0.355. The summed E-state index contributed by atoms with van der Waals surface area (Å²) in [5, 5.41) is 0. The summed E-state index contributed by atoms with van der Waals surface area (Å²) in [6.45, 7) is 4.80. The van der Waals surface area contributed by atoms with Gasteiger partial charge in [0.15, 0.2) is 0 Å². The lowest BCUT2D eigenvalue weighted by atomic mass is 10.2. The molecule has 0 saturated carbocycles. The van der Waals surface area contributed by atoms with Crippen LogP contribution in [0.3, 0.4) is 0 Å². The normalized spacial score (nSPS) is 10.8. The largest absolute Gasteiger partial charge is 0.466 e. The van der Waals surface area contributed by atoms with Crippen LogP contribution in [0.25, 0.3) is 0 Å².